The summed E-state index contributed by atoms with van der Waals surface area (Å²) in [7, 11) is 0. The number of halogens is 2. The second-order valence-electron chi connectivity index (χ2n) is 4.90. The van der Waals surface area contributed by atoms with Gasteiger partial charge in [-0.05, 0) is 33.1 Å². The SMILES string of the molecule is OC(c1ccccc1)(c1ccccc1)c1c(Br)ccnc1Br. The third-order valence-electron chi connectivity index (χ3n) is 3.60. The Morgan fingerprint density at radius 1 is 0.773 bits per heavy atom. The van der Waals surface area contributed by atoms with E-state index in [1.807, 2.05) is 66.7 Å². The maximum atomic E-state index is 11.7. The molecule has 3 rings (SSSR count). The third-order valence-corrected chi connectivity index (χ3v) is 4.86. The number of hydrogen-bond donors (Lipinski definition) is 1. The Hall–Kier alpha value is -1.49. The molecule has 1 heterocycles. The van der Waals surface area contributed by atoms with Gasteiger partial charge in [-0.2, -0.15) is 0 Å². The van der Waals surface area contributed by atoms with Crippen molar-refractivity contribution in [2.24, 2.45) is 0 Å². The van der Waals surface area contributed by atoms with Gasteiger partial charge in [0.1, 0.15) is 10.2 Å². The molecule has 0 aliphatic heterocycles. The molecule has 110 valence electrons. The van der Waals surface area contributed by atoms with Gasteiger partial charge in [0.2, 0.25) is 0 Å². The summed E-state index contributed by atoms with van der Waals surface area (Å²) >= 11 is 7.02. The maximum absolute atomic E-state index is 11.7. The molecule has 0 radical (unpaired) electrons. The molecule has 4 heteroatoms. The van der Waals surface area contributed by atoms with Gasteiger partial charge in [-0.25, -0.2) is 4.98 Å². The standard InChI is InChI=1S/C18H13Br2NO/c19-15-11-12-21-17(20)16(15)18(22,13-7-3-1-4-8-13)14-9-5-2-6-10-14/h1-12,22H. The summed E-state index contributed by atoms with van der Waals surface area (Å²) in [6, 6.07) is 21.0. The second-order valence-corrected chi connectivity index (χ2v) is 6.51. The molecule has 0 aliphatic carbocycles. The lowest BCUT2D eigenvalue weighted by atomic mass is 9.81. The van der Waals surface area contributed by atoms with E-state index in [0.717, 1.165) is 15.6 Å². The molecular formula is C18H13Br2NO. The second kappa shape index (κ2) is 6.32. The van der Waals surface area contributed by atoms with E-state index >= 15 is 0 Å². The minimum atomic E-state index is -1.30. The minimum Gasteiger partial charge on any atom is -0.376 e. The molecule has 0 fully saturated rings. The number of aliphatic hydroxyl groups is 1. The average molecular weight is 419 g/mol. The van der Waals surface area contributed by atoms with Crippen molar-refractivity contribution in [2.45, 2.75) is 5.60 Å². The Labute approximate surface area is 146 Å². The van der Waals surface area contributed by atoms with Crippen LogP contribution in [0.25, 0.3) is 0 Å². The summed E-state index contributed by atoms with van der Waals surface area (Å²) in [5.74, 6) is 0. The Kier molecular flexibility index (Phi) is 4.43. The summed E-state index contributed by atoms with van der Waals surface area (Å²) < 4.78 is 1.40. The normalized spacial score (nSPS) is 11.4. The van der Waals surface area contributed by atoms with Crippen LogP contribution in [0.1, 0.15) is 16.7 Å². The van der Waals surface area contributed by atoms with Gasteiger partial charge in [0.15, 0.2) is 0 Å². The van der Waals surface area contributed by atoms with Crippen molar-refractivity contribution >= 4 is 31.9 Å². The van der Waals surface area contributed by atoms with E-state index in [1.165, 1.54) is 0 Å². The average Bonchev–Trinajstić information content (AvgIpc) is 2.56. The zero-order chi connectivity index (χ0) is 15.6. The number of benzene rings is 2. The van der Waals surface area contributed by atoms with Crippen molar-refractivity contribution in [3.05, 3.63) is 98.7 Å². The smallest absolute Gasteiger partial charge is 0.144 e. The number of nitrogens with zero attached hydrogens (tertiary/aromatic N) is 1. The van der Waals surface area contributed by atoms with E-state index in [2.05, 4.69) is 36.8 Å². The van der Waals surface area contributed by atoms with Crippen LogP contribution < -0.4 is 0 Å². The number of rotatable bonds is 3. The van der Waals surface area contributed by atoms with Gasteiger partial charge in [-0.1, -0.05) is 76.6 Å². The summed E-state index contributed by atoms with van der Waals surface area (Å²) in [4.78, 5) is 4.28. The van der Waals surface area contributed by atoms with E-state index < -0.39 is 5.60 Å². The number of hydrogen-bond acceptors (Lipinski definition) is 2. The van der Waals surface area contributed by atoms with Crippen LogP contribution in [0.5, 0.6) is 0 Å². The van der Waals surface area contributed by atoms with Crippen molar-refractivity contribution < 1.29 is 5.11 Å². The van der Waals surface area contributed by atoms with Gasteiger partial charge < -0.3 is 5.11 Å². The fraction of sp³-hybridized carbons (Fsp3) is 0.0556. The Balaban J connectivity index is 2.34. The molecule has 22 heavy (non-hydrogen) atoms. The van der Waals surface area contributed by atoms with Crippen molar-refractivity contribution in [3.8, 4) is 0 Å². The van der Waals surface area contributed by atoms with Crippen LogP contribution in [-0.4, -0.2) is 10.1 Å². The zero-order valence-corrected chi connectivity index (χ0v) is 14.8. The molecular weight excluding hydrogens is 406 g/mol. The van der Waals surface area contributed by atoms with Crippen molar-refractivity contribution in [2.75, 3.05) is 0 Å². The molecule has 3 aromatic rings. The molecule has 0 spiro atoms. The first-order chi connectivity index (χ1) is 10.6. The summed E-state index contributed by atoms with van der Waals surface area (Å²) in [5, 5.41) is 11.7. The predicted octanol–water partition coefficient (Wildman–Crippen LogP) is 4.89. The topological polar surface area (TPSA) is 33.1 Å². The molecule has 2 aromatic carbocycles. The highest BCUT2D eigenvalue weighted by Crippen LogP contribution is 2.42. The highest BCUT2D eigenvalue weighted by molar-refractivity contribution is 9.11. The van der Waals surface area contributed by atoms with E-state index in [1.54, 1.807) is 6.20 Å². The number of aromatic nitrogens is 1. The van der Waals surface area contributed by atoms with Crippen LogP contribution in [0.2, 0.25) is 0 Å². The van der Waals surface area contributed by atoms with E-state index in [0.29, 0.717) is 10.2 Å². The lowest BCUT2D eigenvalue weighted by Gasteiger charge is -2.31. The molecule has 0 aliphatic rings. The molecule has 0 atom stereocenters. The van der Waals surface area contributed by atoms with Gasteiger partial charge in [0, 0.05) is 16.2 Å². The highest BCUT2D eigenvalue weighted by Gasteiger charge is 2.37. The first-order valence-electron chi connectivity index (χ1n) is 6.78. The van der Waals surface area contributed by atoms with Crippen LogP contribution in [0.15, 0.2) is 82.0 Å². The van der Waals surface area contributed by atoms with E-state index in [-0.39, 0.29) is 0 Å². The first-order valence-corrected chi connectivity index (χ1v) is 8.36. The Morgan fingerprint density at radius 3 is 1.73 bits per heavy atom. The van der Waals surface area contributed by atoms with Gasteiger partial charge in [0.05, 0.1) is 0 Å². The summed E-state index contributed by atoms with van der Waals surface area (Å²) in [5.41, 5.74) is 0.965. The van der Waals surface area contributed by atoms with Crippen LogP contribution in [0.3, 0.4) is 0 Å². The molecule has 1 N–H and O–H groups in total. The van der Waals surface area contributed by atoms with Crippen LogP contribution in [0, 0.1) is 0 Å². The fourth-order valence-corrected chi connectivity index (χ4v) is 4.03. The van der Waals surface area contributed by atoms with Gasteiger partial charge in [-0.15, -0.1) is 0 Å². The van der Waals surface area contributed by atoms with E-state index in [4.69, 9.17) is 0 Å². The lowest BCUT2D eigenvalue weighted by molar-refractivity contribution is 0.123. The fourth-order valence-electron chi connectivity index (χ4n) is 2.55. The zero-order valence-electron chi connectivity index (χ0n) is 11.6. The summed E-state index contributed by atoms with van der Waals surface area (Å²) in [6.45, 7) is 0. The largest absolute Gasteiger partial charge is 0.376 e. The maximum Gasteiger partial charge on any atom is 0.144 e. The molecule has 0 saturated heterocycles. The van der Waals surface area contributed by atoms with Gasteiger partial charge >= 0.3 is 0 Å². The minimum absolute atomic E-state index is 0.608. The monoisotopic (exact) mass is 417 g/mol. The van der Waals surface area contributed by atoms with Crippen molar-refractivity contribution in [1.29, 1.82) is 0 Å². The highest BCUT2D eigenvalue weighted by atomic mass is 79.9. The third kappa shape index (κ3) is 2.62. The van der Waals surface area contributed by atoms with Gasteiger partial charge in [0.25, 0.3) is 0 Å². The van der Waals surface area contributed by atoms with Crippen LogP contribution in [0.4, 0.5) is 0 Å². The van der Waals surface area contributed by atoms with E-state index in [9.17, 15) is 5.11 Å². The first kappa shape index (κ1) is 15.4. The molecule has 2 nitrogen and oxygen atoms in total. The van der Waals surface area contributed by atoms with Crippen LogP contribution in [-0.2, 0) is 5.60 Å². The lowest BCUT2D eigenvalue weighted by Crippen LogP contribution is -2.30. The molecule has 0 bridgehead atoms. The summed E-state index contributed by atoms with van der Waals surface area (Å²) in [6.07, 6.45) is 1.69. The Bertz CT molecular complexity index is 716. The predicted molar refractivity (Wildman–Crippen MR) is 94.6 cm³/mol. The quantitative estimate of drug-likeness (QED) is 0.614. The van der Waals surface area contributed by atoms with Gasteiger partial charge in [-0.3, -0.25) is 0 Å². The Morgan fingerprint density at radius 2 is 1.27 bits per heavy atom. The number of pyridine rings is 1. The molecule has 0 amide bonds. The van der Waals surface area contributed by atoms with Crippen molar-refractivity contribution in [1.82, 2.24) is 4.98 Å². The molecule has 0 unspecified atom stereocenters. The molecule has 0 saturated carbocycles. The van der Waals surface area contributed by atoms with Crippen LogP contribution >= 0.6 is 31.9 Å². The molecule has 1 aromatic heterocycles. The van der Waals surface area contributed by atoms with Crippen molar-refractivity contribution in [3.63, 3.8) is 0 Å².